The van der Waals surface area contributed by atoms with E-state index in [2.05, 4.69) is 0 Å². The van der Waals surface area contributed by atoms with Crippen LogP contribution >= 0.6 is 0 Å². The summed E-state index contributed by atoms with van der Waals surface area (Å²) < 4.78 is 4.80. The van der Waals surface area contributed by atoms with Crippen LogP contribution in [0.15, 0.2) is 0 Å². The maximum absolute atomic E-state index is 11.3. The number of carbonyl (C=O) groups excluding carboxylic acids is 1. The number of hydrogen-bond donors (Lipinski definition) is 4. The van der Waals surface area contributed by atoms with Gasteiger partial charge in [-0.05, 0) is 20.8 Å². The third-order valence-corrected chi connectivity index (χ3v) is 1.71. The SMILES string of the molecule is CC(C)(C)OC(=O)N[C@@H](C(=O)O)[C@H](O)CC(=O)O. The first-order valence-electron chi connectivity index (χ1n) is 5.15. The van der Waals surface area contributed by atoms with E-state index < -0.39 is 42.2 Å². The van der Waals surface area contributed by atoms with Gasteiger partial charge in [0.15, 0.2) is 6.04 Å². The van der Waals surface area contributed by atoms with Crippen LogP contribution in [0.3, 0.4) is 0 Å². The van der Waals surface area contributed by atoms with E-state index in [0.717, 1.165) is 0 Å². The van der Waals surface area contributed by atoms with Crippen LogP contribution in [-0.4, -0.2) is 51.1 Å². The van der Waals surface area contributed by atoms with E-state index in [1.807, 2.05) is 5.32 Å². The quantitative estimate of drug-likeness (QED) is 0.539. The van der Waals surface area contributed by atoms with Crippen LogP contribution in [-0.2, 0) is 14.3 Å². The lowest BCUT2D eigenvalue weighted by Crippen LogP contribution is -2.50. The van der Waals surface area contributed by atoms with E-state index >= 15 is 0 Å². The van der Waals surface area contributed by atoms with Crippen LogP contribution in [0.1, 0.15) is 27.2 Å². The fourth-order valence-corrected chi connectivity index (χ4v) is 1.05. The molecule has 0 saturated heterocycles. The van der Waals surface area contributed by atoms with Crippen molar-refractivity contribution in [3.05, 3.63) is 0 Å². The van der Waals surface area contributed by atoms with Crippen molar-refractivity contribution in [1.82, 2.24) is 5.32 Å². The molecule has 18 heavy (non-hydrogen) atoms. The first-order chi connectivity index (χ1) is 8.03. The molecule has 0 aromatic carbocycles. The van der Waals surface area contributed by atoms with Gasteiger partial charge in [0.1, 0.15) is 5.60 Å². The van der Waals surface area contributed by atoms with Crippen molar-refractivity contribution in [2.75, 3.05) is 0 Å². The van der Waals surface area contributed by atoms with Gasteiger partial charge in [0, 0.05) is 0 Å². The Labute approximate surface area is 104 Å². The fraction of sp³-hybridized carbons (Fsp3) is 0.700. The van der Waals surface area contributed by atoms with Crippen molar-refractivity contribution in [2.24, 2.45) is 0 Å². The van der Waals surface area contributed by atoms with E-state index in [9.17, 15) is 19.5 Å². The molecule has 0 aliphatic carbocycles. The van der Waals surface area contributed by atoms with Crippen LogP contribution in [0.4, 0.5) is 4.79 Å². The number of aliphatic hydroxyl groups is 1. The second-order valence-electron chi connectivity index (χ2n) is 4.63. The Bertz CT molecular complexity index is 334. The van der Waals surface area contributed by atoms with Gasteiger partial charge in [0.2, 0.25) is 0 Å². The molecule has 0 spiro atoms. The summed E-state index contributed by atoms with van der Waals surface area (Å²) in [6.45, 7) is 4.74. The van der Waals surface area contributed by atoms with E-state index in [4.69, 9.17) is 14.9 Å². The number of ether oxygens (including phenoxy) is 1. The molecule has 0 aliphatic heterocycles. The summed E-state index contributed by atoms with van der Waals surface area (Å²) in [4.78, 5) is 32.5. The number of carboxylic acids is 2. The maximum atomic E-state index is 11.3. The summed E-state index contributed by atoms with van der Waals surface area (Å²) in [6, 6.07) is -1.74. The van der Waals surface area contributed by atoms with Crippen LogP contribution in [0, 0.1) is 0 Å². The number of carbonyl (C=O) groups is 3. The van der Waals surface area contributed by atoms with Gasteiger partial charge in [0.25, 0.3) is 0 Å². The highest BCUT2D eigenvalue weighted by atomic mass is 16.6. The standard InChI is InChI=1S/C10H17NO7/c1-10(2,3)18-9(17)11-7(8(15)16)5(12)4-6(13)14/h5,7,12H,4H2,1-3H3,(H,11,17)(H,13,14)(H,15,16)/t5-,7-/m1/s1. The number of nitrogens with one attached hydrogen (secondary N) is 1. The Balaban J connectivity index is 4.59. The molecule has 104 valence electrons. The van der Waals surface area contributed by atoms with Gasteiger partial charge in [-0.1, -0.05) is 0 Å². The third kappa shape index (κ3) is 6.69. The van der Waals surface area contributed by atoms with Gasteiger partial charge in [-0.15, -0.1) is 0 Å². The third-order valence-electron chi connectivity index (χ3n) is 1.71. The van der Waals surface area contributed by atoms with Crippen LogP contribution in [0.2, 0.25) is 0 Å². The zero-order chi connectivity index (χ0) is 14.5. The molecule has 0 heterocycles. The molecule has 8 heteroatoms. The van der Waals surface area contributed by atoms with E-state index in [1.54, 1.807) is 20.8 Å². The summed E-state index contributed by atoms with van der Waals surface area (Å²) in [5.41, 5.74) is -0.828. The minimum absolute atomic E-state index is 0.799. The first kappa shape index (κ1) is 16.2. The number of alkyl carbamates (subject to hydrolysis) is 1. The average Bonchev–Trinajstić information content (AvgIpc) is 2.09. The normalized spacial score (nSPS) is 14.4. The molecule has 0 bridgehead atoms. The summed E-state index contributed by atoms with van der Waals surface area (Å²) in [5.74, 6) is -2.92. The largest absolute Gasteiger partial charge is 0.481 e. The summed E-state index contributed by atoms with van der Waals surface area (Å²) in [7, 11) is 0. The predicted molar refractivity (Wildman–Crippen MR) is 59.1 cm³/mol. The summed E-state index contributed by atoms with van der Waals surface area (Å²) in [6.07, 6.45) is -3.58. The van der Waals surface area contributed by atoms with Gasteiger partial charge in [-0.3, -0.25) is 4.79 Å². The molecule has 0 fully saturated rings. The predicted octanol–water partition coefficient (Wildman–Crippen LogP) is -0.200. The van der Waals surface area contributed by atoms with Gasteiger partial charge >= 0.3 is 18.0 Å². The highest BCUT2D eigenvalue weighted by molar-refractivity contribution is 5.81. The van der Waals surface area contributed by atoms with Crippen molar-refractivity contribution in [3.63, 3.8) is 0 Å². The molecule has 0 radical (unpaired) electrons. The molecular formula is C10H17NO7. The second-order valence-corrected chi connectivity index (χ2v) is 4.63. The van der Waals surface area contributed by atoms with Gasteiger partial charge in [-0.25, -0.2) is 9.59 Å². The minimum Gasteiger partial charge on any atom is -0.481 e. The zero-order valence-corrected chi connectivity index (χ0v) is 10.3. The van der Waals surface area contributed by atoms with Gasteiger partial charge in [0.05, 0.1) is 12.5 Å². The Morgan fingerprint density at radius 2 is 1.72 bits per heavy atom. The molecule has 0 unspecified atom stereocenters. The molecular weight excluding hydrogens is 246 g/mol. The average molecular weight is 263 g/mol. The van der Waals surface area contributed by atoms with Crippen molar-refractivity contribution in [3.8, 4) is 0 Å². The lowest BCUT2D eigenvalue weighted by atomic mass is 10.1. The number of rotatable bonds is 5. The van der Waals surface area contributed by atoms with E-state index in [-0.39, 0.29) is 0 Å². The smallest absolute Gasteiger partial charge is 0.408 e. The Morgan fingerprint density at radius 3 is 2.06 bits per heavy atom. The molecule has 4 N–H and O–H groups in total. The molecule has 0 aromatic heterocycles. The highest BCUT2D eigenvalue weighted by Crippen LogP contribution is 2.08. The second kappa shape index (κ2) is 6.20. The summed E-state index contributed by atoms with van der Waals surface area (Å²) in [5, 5.41) is 28.5. The van der Waals surface area contributed by atoms with Crippen LogP contribution in [0.5, 0.6) is 0 Å². The molecule has 2 atom stereocenters. The number of aliphatic hydroxyl groups excluding tert-OH is 1. The Morgan fingerprint density at radius 1 is 1.22 bits per heavy atom. The monoisotopic (exact) mass is 263 g/mol. The van der Waals surface area contributed by atoms with Gasteiger partial charge in [-0.2, -0.15) is 0 Å². The molecule has 8 nitrogen and oxygen atoms in total. The lowest BCUT2D eigenvalue weighted by molar-refractivity contribution is -0.145. The topological polar surface area (TPSA) is 133 Å². The first-order valence-corrected chi connectivity index (χ1v) is 5.15. The molecule has 0 aromatic rings. The summed E-state index contributed by atoms with van der Waals surface area (Å²) >= 11 is 0. The molecule has 1 amide bonds. The fourth-order valence-electron chi connectivity index (χ4n) is 1.05. The molecule has 0 aliphatic rings. The molecule has 0 saturated carbocycles. The number of aliphatic carboxylic acids is 2. The highest BCUT2D eigenvalue weighted by Gasteiger charge is 2.31. The number of hydrogen-bond acceptors (Lipinski definition) is 5. The van der Waals surface area contributed by atoms with E-state index in [1.165, 1.54) is 0 Å². The zero-order valence-electron chi connectivity index (χ0n) is 10.3. The van der Waals surface area contributed by atoms with Crippen molar-refractivity contribution in [1.29, 1.82) is 0 Å². The van der Waals surface area contributed by atoms with Crippen molar-refractivity contribution < 1.29 is 34.4 Å². The van der Waals surface area contributed by atoms with E-state index in [0.29, 0.717) is 0 Å². The minimum atomic E-state index is -1.74. The van der Waals surface area contributed by atoms with Crippen molar-refractivity contribution in [2.45, 2.75) is 44.9 Å². The number of carboxylic acid groups (broad SMARTS) is 2. The Kier molecular flexibility index (Phi) is 5.57. The number of amides is 1. The molecule has 0 rings (SSSR count). The lowest BCUT2D eigenvalue weighted by Gasteiger charge is -2.23. The van der Waals surface area contributed by atoms with Gasteiger partial charge < -0.3 is 25.4 Å². The van der Waals surface area contributed by atoms with Crippen LogP contribution < -0.4 is 5.32 Å². The van der Waals surface area contributed by atoms with Crippen molar-refractivity contribution >= 4 is 18.0 Å². The maximum Gasteiger partial charge on any atom is 0.408 e. The van der Waals surface area contributed by atoms with Crippen LogP contribution in [0.25, 0.3) is 0 Å². The Hall–Kier alpha value is -1.83.